The van der Waals surface area contributed by atoms with Gasteiger partial charge < -0.3 is 5.73 Å². The molecule has 0 saturated carbocycles. The Morgan fingerprint density at radius 2 is 1.79 bits per heavy atom. The van der Waals surface area contributed by atoms with Crippen molar-refractivity contribution in [3.8, 4) is 0 Å². The first-order valence-corrected chi connectivity index (χ1v) is 4.67. The summed E-state index contributed by atoms with van der Waals surface area (Å²) in [6, 6.07) is 9.49. The second-order valence-corrected chi connectivity index (χ2v) is 2.85. The largest absolute Gasteiger partial charge is 0.399 e. The maximum absolute atomic E-state index is 9.69. The molecule has 0 fully saturated rings. The number of anilines is 1. The minimum absolute atomic E-state index is 0.701. The third-order valence-corrected chi connectivity index (χ3v) is 1.41. The van der Waals surface area contributed by atoms with E-state index >= 15 is 0 Å². The van der Waals surface area contributed by atoms with E-state index in [4.69, 9.17) is 5.73 Å². The van der Waals surface area contributed by atoms with Crippen LogP contribution in [0.5, 0.6) is 0 Å². The van der Waals surface area contributed by atoms with Gasteiger partial charge in [-0.1, -0.05) is 22.6 Å². The number of carbonyl (C=O) groups excluding carboxylic acids is 1. The molecule has 6 heteroatoms. The number of benzene rings is 1. The zero-order valence-electron chi connectivity index (χ0n) is 7.54. The molecule has 0 aromatic heterocycles. The van der Waals surface area contributed by atoms with Gasteiger partial charge in [0.1, 0.15) is 0 Å². The van der Waals surface area contributed by atoms with Gasteiger partial charge in [0.25, 0.3) is 5.91 Å². The molecular weight excluding hydrogens is 204 g/mol. The number of amides is 1. The zero-order chi connectivity index (χ0) is 11.0. The van der Waals surface area contributed by atoms with Crippen molar-refractivity contribution in [3.05, 3.63) is 30.3 Å². The molecule has 2 N–H and O–H groups in total. The quantitative estimate of drug-likeness (QED) is 0.648. The Balaban J connectivity index is 0.000000241. The molecule has 0 aliphatic heterocycles. The summed E-state index contributed by atoms with van der Waals surface area (Å²) in [7, 11) is -2.57. The van der Waals surface area contributed by atoms with Crippen LogP contribution in [-0.2, 0) is 15.3 Å². The molecule has 76 valence electrons. The Hall–Kier alpha value is -1.69. The lowest BCUT2D eigenvalue weighted by Gasteiger charge is -1.83. The van der Waals surface area contributed by atoms with Gasteiger partial charge in [-0.05, 0) is 12.1 Å². The van der Waals surface area contributed by atoms with Crippen LogP contribution in [0.15, 0.2) is 34.7 Å². The molecule has 0 unspecified atom stereocenters. The molecule has 0 radical (unpaired) electrons. The number of carbonyl (C=O) groups is 1. The standard InChI is InChI=1S/C6H7N.C2H3NO3S/c7-6-4-2-1-3-5-6;1-2(4)3-7(5)6/h1-5H,7H2;1H3. The minimum Gasteiger partial charge on any atom is -0.399 e. The van der Waals surface area contributed by atoms with E-state index in [-0.39, 0.29) is 0 Å². The van der Waals surface area contributed by atoms with E-state index in [1.54, 1.807) is 0 Å². The summed E-state index contributed by atoms with van der Waals surface area (Å²) in [5, 5.41) is 0. The highest BCUT2D eigenvalue weighted by atomic mass is 32.2. The minimum atomic E-state index is -2.57. The molecule has 0 atom stereocenters. The predicted octanol–water partition coefficient (Wildman–Crippen LogP) is 0.864. The average Bonchev–Trinajstić information content (AvgIpc) is 2.03. The highest BCUT2D eigenvalue weighted by molar-refractivity contribution is 7.62. The number of rotatable bonds is 0. The van der Waals surface area contributed by atoms with Gasteiger partial charge in [0.05, 0.1) is 0 Å². The van der Waals surface area contributed by atoms with Crippen molar-refractivity contribution in [3.63, 3.8) is 0 Å². The van der Waals surface area contributed by atoms with Crippen LogP contribution in [0.3, 0.4) is 0 Å². The van der Waals surface area contributed by atoms with Crippen LogP contribution in [-0.4, -0.2) is 14.3 Å². The van der Waals surface area contributed by atoms with E-state index in [1.807, 2.05) is 30.3 Å². The maximum Gasteiger partial charge on any atom is 0.319 e. The average molecular weight is 214 g/mol. The fourth-order valence-corrected chi connectivity index (χ4v) is 0.768. The highest BCUT2D eigenvalue weighted by Gasteiger charge is 1.80. The summed E-state index contributed by atoms with van der Waals surface area (Å²) < 4.78 is 21.4. The molecule has 1 rings (SSSR count). The summed E-state index contributed by atoms with van der Waals surface area (Å²) >= 11 is 0. The fourth-order valence-electron chi connectivity index (χ4n) is 0.558. The first-order chi connectivity index (χ1) is 6.52. The predicted molar refractivity (Wildman–Crippen MR) is 52.9 cm³/mol. The van der Waals surface area contributed by atoms with Crippen molar-refractivity contribution in [2.75, 3.05) is 5.73 Å². The third kappa shape index (κ3) is 8.41. The lowest BCUT2D eigenvalue weighted by atomic mass is 10.3. The van der Waals surface area contributed by atoms with E-state index in [0.717, 1.165) is 12.6 Å². The normalized spacial score (nSPS) is 8.07. The van der Waals surface area contributed by atoms with Crippen molar-refractivity contribution in [1.82, 2.24) is 0 Å². The summed E-state index contributed by atoms with van der Waals surface area (Å²) in [4.78, 5) is 9.69. The first kappa shape index (κ1) is 12.3. The molecule has 0 heterocycles. The lowest BCUT2D eigenvalue weighted by molar-refractivity contribution is -0.115. The molecule has 14 heavy (non-hydrogen) atoms. The van der Waals surface area contributed by atoms with Crippen molar-refractivity contribution >= 4 is 22.1 Å². The van der Waals surface area contributed by atoms with Crippen molar-refractivity contribution in [1.29, 1.82) is 0 Å². The molecule has 1 aromatic rings. The molecule has 0 aliphatic rings. The second kappa shape index (κ2) is 6.79. The highest BCUT2D eigenvalue weighted by Crippen LogP contribution is 1.95. The van der Waals surface area contributed by atoms with Gasteiger partial charge in [-0.15, -0.1) is 0 Å². The molecular formula is C8H10N2O3S. The monoisotopic (exact) mass is 214 g/mol. The van der Waals surface area contributed by atoms with Crippen LogP contribution in [0.25, 0.3) is 0 Å². The van der Waals surface area contributed by atoms with Crippen LogP contribution in [0, 0.1) is 0 Å². The molecule has 1 aromatic carbocycles. The van der Waals surface area contributed by atoms with Gasteiger partial charge in [0, 0.05) is 12.6 Å². The van der Waals surface area contributed by atoms with E-state index in [9.17, 15) is 13.2 Å². The van der Waals surface area contributed by atoms with Gasteiger partial charge in [0.2, 0.25) is 0 Å². The van der Waals surface area contributed by atoms with Gasteiger partial charge in [-0.2, -0.15) is 8.42 Å². The Bertz CT molecular complexity index is 403. The number of nitrogens with two attached hydrogens (primary N) is 1. The van der Waals surface area contributed by atoms with Crippen LogP contribution in [0.1, 0.15) is 6.92 Å². The number of para-hydroxylation sites is 1. The Kier molecular flexibility index (Phi) is 5.97. The SMILES string of the molecule is CC(=O)N=S(=O)=O.Nc1ccccc1. The summed E-state index contributed by atoms with van der Waals surface area (Å²) in [6.07, 6.45) is 0. The van der Waals surface area contributed by atoms with Crippen LogP contribution < -0.4 is 5.73 Å². The number of hydrogen-bond donors (Lipinski definition) is 1. The number of nitrogens with zero attached hydrogens (tertiary/aromatic N) is 1. The molecule has 0 bridgehead atoms. The van der Waals surface area contributed by atoms with Crippen LogP contribution >= 0.6 is 0 Å². The molecule has 5 nitrogen and oxygen atoms in total. The lowest BCUT2D eigenvalue weighted by Crippen LogP contribution is -1.79. The van der Waals surface area contributed by atoms with E-state index in [0.29, 0.717) is 0 Å². The molecule has 1 amide bonds. The second-order valence-electron chi connectivity index (χ2n) is 2.24. The van der Waals surface area contributed by atoms with Crippen molar-refractivity contribution in [2.45, 2.75) is 6.92 Å². The number of hydrogen-bond acceptors (Lipinski definition) is 4. The van der Waals surface area contributed by atoms with Gasteiger partial charge in [-0.3, -0.25) is 4.79 Å². The Morgan fingerprint density at radius 1 is 1.29 bits per heavy atom. The first-order valence-electron chi connectivity index (χ1n) is 3.64. The van der Waals surface area contributed by atoms with Gasteiger partial charge in [0.15, 0.2) is 0 Å². The smallest absolute Gasteiger partial charge is 0.319 e. The van der Waals surface area contributed by atoms with Crippen molar-refractivity contribution < 1.29 is 13.2 Å². The zero-order valence-corrected chi connectivity index (χ0v) is 8.36. The number of nitrogen functional groups attached to an aromatic ring is 1. The maximum atomic E-state index is 9.69. The fraction of sp³-hybridized carbons (Fsp3) is 0.125. The Morgan fingerprint density at radius 3 is 1.93 bits per heavy atom. The third-order valence-electron chi connectivity index (χ3n) is 1.00. The van der Waals surface area contributed by atoms with E-state index < -0.39 is 16.4 Å². The Labute approximate surface area is 83.3 Å². The van der Waals surface area contributed by atoms with E-state index in [1.165, 1.54) is 0 Å². The van der Waals surface area contributed by atoms with Gasteiger partial charge >= 0.3 is 10.5 Å². The summed E-state index contributed by atoms with van der Waals surface area (Å²) in [5.74, 6) is -0.701. The molecule has 0 saturated heterocycles. The van der Waals surface area contributed by atoms with Crippen LogP contribution in [0.4, 0.5) is 5.69 Å². The summed E-state index contributed by atoms with van der Waals surface area (Å²) in [5.41, 5.74) is 6.18. The van der Waals surface area contributed by atoms with Crippen molar-refractivity contribution in [2.24, 2.45) is 4.36 Å². The summed E-state index contributed by atoms with van der Waals surface area (Å²) in [6.45, 7) is 1.07. The van der Waals surface area contributed by atoms with E-state index in [2.05, 4.69) is 4.36 Å². The van der Waals surface area contributed by atoms with Crippen LogP contribution in [0.2, 0.25) is 0 Å². The molecule has 0 aliphatic carbocycles. The topological polar surface area (TPSA) is 89.6 Å². The van der Waals surface area contributed by atoms with Gasteiger partial charge in [-0.25, -0.2) is 0 Å². The molecule has 0 spiro atoms.